The van der Waals surface area contributed by atoms with Crippen molar-refractivity contribution in [3.8, 4) is 17.2 Å². The summed E-state index contributed by atoms with van der Waals surface area (Å²) >= 11 is 3.48. The highest BCUT2D eigenvalue weighted by Gasteiger charge is 2.31. The van der Waals surface area contributed by atoms with Crippen molar-refractivity contribution < 1.29 is 19.0 Å². The molecule has 5 nitrogen and oxygen atoms in total. The van der Waals surface area contributed by atoms with Crippen LogP contribution < -0.4 is 14.2 Å². The maximum Gasteiger partial charge on any atom is 0.254 e. The molecule has 3 aromatic carbocycles. The summed E-state index contributed by atoms with van der Waals surface area (Å²) in [5, 5.41) is 0. The van der Waals surface area contributed by atoms with Gasteiger partial charge in [-0.2, -0.15) is 0 Å². The quantitative estimate of drug-likeness (QED) is 0.414. The minimum absolute atomic E-state index is 0.0129. The molecular formula is C27H26BrNO4. The molecule has 1 atom stereocenters. The summed E-state index contributed by atoms with van der Waals surface area (Å²) in [5.41, 5.74) is 3.86. The van der Waals surface area contributed by atoms with E-state index >= 15 is 0 Å². The fraction of sp³-hybridized carbons (Fsp3) is 0.222. The van der Waals surface area contributed by atoms with Crippen LogP contribution in [0.4, 0.5) is 0 Å². The van der Waals surface area contributed by atoms with Crippen LogP contribution in [0.25, 0.3) is 6.08 Å². The number of methoxy groups -OCH3 is 3. The molecule has 1 heterocycles. The summed E-state index contributed by atoms with van der Waals surface area (Å²) < 4.78 is 17.2. The highest BCUT2D eigenvalue weighted by molar-refractivity contribution is 9.10. The van der Waals surface area contributed by atoms with Crippen LogP contribution in [-0.4, -0.2) is 38.7 Å². The van der Waals surface area contributed by atoms with Gasteiger partial charge in [-0.15, -0.1) is 0 Å². The Bertz CT molecular complexity index is 1170. The van der Waals surface area contributed by atoms with Crippen molar-refractivity contribution in [1.29, 1.82) is 0 Å². The van der Waals surface area contributed by atoms with Gasteiger partial charge in [0.25, 0.3) is 5.91 Å². The molecule has 0 aliphatic carbocycles. The second kappa shape index (κ2) is 10.1. The van der Waals surface area contributed by atoms with Crippen LogP contribution in [-0.2, 0) is 6.42 Å². The first-order chi connectivity index (χ1) is 16.0. The second-order valence-electron chi connectivity index (χ2n) is 7.74. The first-order valence-corrected chi connectivity index (χ1v) is 11.5. The van der Waals surface area contributed by atoms with E-state index in [1.54, 1.807) is 21.3 Å². The molecule has 4 rings (SSSR count). The lowest BCUT2D eigenvalue weighted by atomic mass is 9.90. The van der Waals surface area contributed by atoms with Gasteiger partial charge in [0.15, 0.2) is 11.5 Å². The van der Waals surface area contributed by atoms with E-state index in [4.69, 9.17) is 14.2 Å². The van der Waals surface area contributed by atoms with E-state index in [9.17, 15) is 4.79 Å². The van der Waals surface area contributed by atoms with E-state index in [-0.39, 0.29) is 11.9 Å². The Labute approximate surface area is 202 Å². The summed E-state index contributed by atoms with van der Waals surface area (Å²) in [6.45, 7) is 0.603. The van der Waals surface area contributed by atoms with Crippen LogP contribution >= 0.6 is 15.9 Å². The molecule has 0 aromatic heterocycles. The molecule has 1 amide bonds. The number of rotatable bonds is 6. The first kappa shape index (κ1) is 22.9. The highest BCUT2D eigenvalue weighted by Crippen LogP contribution is 2.39. The van der Waals surface area contributed by atoms with Crippen LogP contribution in [0.5, 0.6) is 17.2 Å². The zero-order valence-corrected chi connectivity index (χ0v) is 20.5. The molecule has 1 aliphatic heterocycles. The Morgan fingerprint density at radius 1 is 0.970 bits per heavy atom. The van der Waals surface area contributed by atoms with Gasteiger partial charge in [-0.3, -0.25) is 4.79 Å². The minimum atomic E-state index is -0.248. The van der Waals surface area contributed by atoms with Crippen LogP contribution in [0.1, 0.15) is 33.1 Å². The molecule has 33 heavy (non-hydrogen) atoms. The number of carbonyl (C=O) groups is 1. The smallest absolute Gasteiger partial charge is 0.254 e. The van der Waals surface area contributed by atoms with Crippen molar-refractivity contribution >= 4 is 27.9 Å². The van der Waals surface area contributed by atoms with Crippen molar-refractivity contribution in [2.24, 2.45) is 0 Å². The number of nitrogens with zero attached hydrogens (tertiary/aromatic N) is 1. The Balaban J connectivity index is 1.76. The number of fused-ring (bicyclic) bond motifs is 1. The van der Waals surface area contributed by atoms with Crippen molar-refractivity contribution in [3.63, 3.8) is 0 Å². The van der Waals surface area contributed by atoms with Crippen LogP contribution in [0.15, 0.2) is 71.2 Å². The number of hydrogen-bond donors (Lipinski definition) is 0. The maximum absolute atomic E-state index is 13.5. The van der Waals surface area contributed by atoms with E-state index in [2.05, 4.69) is 22.0 Å². The van der Waals surface area contributed by atoms with Gasteiger partial charge in [-0.1, -0.05) is 46.3 Å². The lowest BCUT2D eigenvalue weighted by molar-refractivity contribution is 0.0700. The normalized spacial score (nSPS) is 15.3. The molecule has 0 fully saturated rings. The predicted molar refractivity (Wildman–Crippen MR) is 133 cm³/mol. The fourth-order valence-electron chi connectivity index (χ4n) is 4.12. The van der Waals surface area contributed by atoms with Crippen molar-refractivity contribution in [3.05, 3.63) is 93.5 Å². The second-order valence-corrected chi connectivity index (χ2v) is 8.66. The van der Waals surface area contributed by atoms with E-state index in [1.807, 2.05) is 71.6 Å². The Kier molecular flexibility index (Phi) is 7.04. The molecule has 3 aromatic rings. The highest BCUT2D eigenvalue weighted by atomic mass is 79.9. The molecule has 6 heteroatoms. The molecule has 170 valence electrons. The summed E-state index contributed by atoms with van der Waals surface area (Å²) in [4.78, 5) is 15.5. The van der Waals surface area contributed by atoms with Gasteiger partial charge < -0.3 is 19.1 Å². The van der Waals surface area contributed by atoms with Crippen molar-refractivity contribution in [1.82, 2.24) is 4.90 Å². The summed E-state index contributed by atoms with van der Waals surface area (Å²) in [5.74, 6) is 2.14. The van der Waals surface area contributed by atoms with Gasteiger partial charge in [0.1, 0.15) is 5.75 Å². The molecule has 0 saturated carbocycles. The number of carbonyl (C=O) groups excluding carboxylic acids is 1. The molecule has 1 unspecified atom stereocenters. The van der Waals surface area contributed by atoms with Gasteiger partial charge in [-0.25, -0.2) is 0 Å². The number of ether oxygens (including phenoxy) is 3. The summed E-state index contributed by atoms with van der Waals surface area (Å²) in [7, 11) is 4.91. The third kappa shape index (κ3) is 4.91. The number of amides is 1. The van der Waals surface area contributed by atoms with E-state index in [1.165, 1.54) is 0 Å². The third-order valence-corrected chi connectivity index (χ3v) is 6.33. The zero-order chi connectivity index (χ0) is 23.4. The average molecular weight is 508 g/mol. The standard InChI is InChI=1S/C27H26BrNO4/c1-31-22-10-7-18(8-11-22)9-12-24-23-17-26(33-3)25(32-2)16-19(23)13-14-29(24)27(30)20-5-4-6-21(28)15-20/h4-12,15-17,24H,13-14H2,1-3H3. The van der Waals surface area contributed by atoms with Gasteiger partial charge in [0.05, 0.1) is 27.4 Å². The van der Waals surface area contributed by atoms with Crippen molar-refractivity contribution in [2.45, 2.75) is 12.5 Å². The maximum atomic E-state index is 13.5. The molecule has 0 N–H and O–H groups in total. The lowest BCUT2D eigenvalue weighted by Crippen LogP contribution is -2.39. The first-order valence-electron chi connectivity index (χ1n) is 10.7. The van der Waals surface area contributed by atoms with Gasteiger partial charge in [-0.05, 0) is 65.6 Å². The number of benzene rings is 3. The number of hydrogen-bond acceptors (Lipinski definition) is 4. The third-order valence-electron chi connectivity index (χ3n) is 5.84. The van der Waals surface area contributed by atoms with Gasteiger partial charge >= 0.3 is 0 Å². The Morgan fingerprint density at radius 3 is 2.36 bits per heavy atom. The van der Waals surface area contributed by atoms with Crippen LogP contribution in [0, 0.1) is 0 Å². The zero-order valence-electron chi connectivity index (χ0n) is 18.9. The topological polar surface area (TPSA) is 48.0 Å². The summed E-state index contributed by atoms with van der Waals surface area (Å²) in [6, 6.07) is 19.1. The van der Waals surface area contributed by atoms with Crippen molar-refractivity contribution in [2.75, 3.05) is 27.9 Å². The molecule has 0 saturated heterocycles. The molecule has 0 radical (unpaired) electrons. The molecule has 0 spiro atoms. The van der Waals surface area contributed by atoms with E-state index in [0.29, 0.717) is 23.6 Å². The molecule has 0 bridgehead atoms. The monoisotopic (exact) mass is 507 g/mol. The van der Waals surface area contributed by atoms with Crippen LogP contribution in [0.3, 0.4) is 0 Å². The van der Waals surface area contributed by atoms with Gasteiger partial charge in [0.2, 0.25) is 0 Å². The predicted octanol–water partition coefficient (Wildman–Crippen LogP) is 5.93. The van der Waals surface area contributed by atoms with Crippen LogP contribution in [0.2, 0.25) is 0 Å². The summed E-state index contributed by atoms with van der Waals surface area (Å²) in [6.07, 6.45) is 4.85. The SMILES string of the molecule is COc1ccc(C=CC2c3cc(OC)c(OC)cc3CCN2C(=O)c2cccc(Br)c2)cc1. The van der Waals surface area contributed by atoms with E-state index in [0.717, 1.165) is 33.3 Å². The lowest BCUT2D eigenvalue weighted by Gasteiger charge is -2.36. The van der Waals surface area contributed by atoms with Gasteiger partial charge in [0, 0.05) is 16.6 Å². The Morgan fingerprint density at radius 2 is 1.70 bits per heavy atom. The van der Waals surface area contributed by atoms with E-state index < -0.39 is 0 Å². The Hall–Kier alpha value is -3.25. The minimum Gasteiger partial charge on any atom is -0.497 e. The molecular weight excluding hydrogens is 482 g/mol. The number of halogens is 1. The fourth-order valence-corrected chi connectivity index (χ4v) is 4.52. The largest absolute Gasteiger partial charge is 0.497 e. The average Bonchev–Trinajstić information content (AvgIpc) is 2.86. The molecule has 1 aliphatic rings.